The number of ether oxygens (including phenoxy) is 1. The average molecular weight is 287 g/mol. The van der Waals surface area contributed by atoms with Crippen LogP contribution in [0.25, 0.3) is 0 Å². The minimum Gasteiger partial charge on any atom is -0.481 e. The lowest BCUT2D eigenvalue weighted by Gasteiger charge is -2.14. The third kappa shape index (κ3) is 4.08. The number of aryl methyl sites for hydroxylation is 1. The van der Waals surface area contributed by atoms with Gasteiger partial charge in [-0.15, -0.1) is 0 Å². The Morgan fingerprint density at radius 1 is 1.29 bits per heavy atom. The fourth-order valence-electron chi connectivity index (χ4n) is 1.87. The fraction of sp³-hybridized carbons (Fsp3) is 0.375. The van der Waals surface area contributed by atoms with Crippen molar-refractivity contribution in [1.29, 1.82) is 0 Å². The van der Waals surface area contributed by atoms with Gasteiger partial charge < -0.3 is 10.1 Å². The van der Waals surface area contributed by atoms with Gasteiger partial charge in [-0.3, -0.25) is 9.89 Å². The van der Waals surface area contributed by atoms with Crippen LogP contribution in [0.5, 0.6) is 5.75 Å². The average Bonchev–Trinajstić information content (AvgIpc) is 2.87. The highest BCUT2D eigenvalue weighted by molar-refractivity contribution is 5.93. The number of H-pyrrole nitrogens is 1. The Labute approximate surface area is 124 Å². The van der Waals surface area contributed by atoms with E-state index in [1.165, 1.54) is 0 Å². The molecule has 112 valence electrons. The van der Waals surface area contributed by atoms with E-state index in [0.717, 1.165) is 11.3 Å². The van der Waals surface area contributed by atoms with E-state index < -0.39 is 6.10 Å². The third-order valence-electron chi connectivity index (χ3n) is 3.14. The molecule has 0 aliphatic rings. The van der Waals surface area contributed by atoms with Gasteiger partial charge >= 0.3 is 0 Å². The summed E-state index contributed by atoms with van der Waals surface area (Å²) in [6.45, 7) is 7.81. The lowest BCUT2D eigenvalue weighted by Crippen LogP contribution is -2.30. The molecule has 2 aromatic rings. The monoisotopic (exact) mass is 287 g/mol. The predicted molar refractivity (Wildman–Crippen MR) is 82.6 cm³/mol. The SMILES string of the molecule is Cc1cccc(OC(C)C(=O)Nc2cc(C(C)C)[nH]n2)c1. The van der Waals surface area contributed by atoms with Crippen LogP contribution < -0.4 is 10.1 Å². The van der Waals surface area contributed by atoms with Gasteiger partial charge in [0.25, 0.3) is 5.91 Å². The van der Waals surface area contributed by atoms with Crippen LogP contribution in [0.15, 0.2) is 30.3 Å². The van der Waals surface area contributed by atoms with Crippen LogP contribution in [0.1, 0.15) is 37.9 Å². The van der Waals surface area contributed by atoms with Gasteiger partial charge in [0.15, 0.2) is 11.9 Å². The van der Waals surface area contributed by atoms with Gasteiger partial charge in [-0.05, 0) is 37.5 Å². The van der Waals surface area contributed by atoms with Crippen LogP contribution in [0, 0.1) is 6.92 Å². The molecule has 1 amide bonds. The predicted octanol–water partition coefficient (Wildman–Crippen LogP) is 3.25. The van der Waals surface area contributed by atoms with E-state index >= 15 is 0 Å². The second kappa shape index (κ2) is 6.43. The van der Waals surface area contributed by atoms with Crippen LogP contribution in [-0.2, 0) is 4.79 Å². The second-order valence-corrected chi connectivity index (χ2v) is 5.43. The number of carbonyl (C=O) groups is 1. The molecule has 21 heavy (non-hydrogen) atoms. The number of nitrogens with one attached hydrogen (secondary N) is 2. The van der Waals surface area contributed by atoms with Crippen molar-refractivity contribution in [3.63, 3.8) is 0 Å². The molecule has 5 heteroatoms. The molecule has 1 atom stereocenters. The highest BCUT2D eigenvalue weighted by Gasteiger charge is 2.16. The number of rotatable bonds is 5. The number of benzene rings is 1. The molecule has 0 bridgehead atoms. The molecule has 0 radical (unpaired) electrons. The first-order chi connectivity index (χ1) is 9.95. The normalized spacial score (nSPS) is 12.2. The Morgan fingerprint density at radius 2 is 2.05 bits per heavy atom. The van der Waals surface area contributed by atoms with E-state index in [-0.39, 0.29) is 5.91 Å². The summed E-state index contributed by atoms with van der Waals surface area (Å²) in [5, 5.41) is 9.72. The molecule has 0 saturated carbocycles. The van der Waals surface area contributed by atoms with Crippen LogP contribution >= 0.6 is 0 Å². The quantitative estimate of drug-likeness (QED) is 0.887. The molecule has 1 unspecified atom stereocenters. The van der Waals surface area contributed by atoms with E-state index in [1.807, 2.05) is 37.3 Å². The second-order valence-electron chi connectivity index (χ2n) is 5.43. The van der Waals surface area contributed by atoms with Gasteiger partial charge in [0.1, 0.15) is 5.75 Å². The number of amides is 1. The van der Waals surface area contributed by atoms with Gasteiger partial charge in [-0.2, -0.15) is 5.10 Å². The lowest BCUT2D eigenvalue weighted by atomic mass is 10.1. The van der Waals surface area contributed by atoms with Gasteiger partial charge in [0, 0.05) is 11.8 Å². The van der Waals surface area contributed by atoms with Crippen LogP contribution in [0.4, 0.5) is 5.82 Å². The van der Waals surface area contributed by atoms with Crippen molar-refractivity contribution in [2.45, 2.75) is 39.7 Å². The molecule has 0 saturated heterocycles. The van der Waals surface area contributed by atoms with Crippen LogP contribution in [0.3, 0.4) is 0 Å². The summed E-state index contributed by atoms with van der Waals surface area (Å²) in [5.41, 5.74) is 2.08. The summed E-state index contributed by atoms with van der Waals surface area (Å²) in [5.74, 6) is 1.31. The number of anilines is 1. The van der Waals surface area contributed by atoms with E-state index in [2.05, 4.69) is 29.4 Å². The molecule has 1 aromatic carbocycles. The maximum absolute atomic E-state index is 12.1. The molecule has 1 aromatic heterocycles. The number of nitrogens with zero attached hydrogens (tertiary/aromatic N) is 1. The molecule has 1 heterocycles. The van der Waals surface area contributed by atoms with Crippen molar-refractivity contribution in [3.8, 4) is 5.75 Å². The summed E-state index contributed by atoms with van der Waals surface area (Å²) < 4.78 is 5.63. The van der Waals surface area contributed by atoms with Gasteiger partial charge in [-0.25, -0.2) is 0 Å². The van der Waals surface area contributed by atoms with Gasteiger partial charge in [0.2, 0.25) is 0 Å². The van der Waals surface area contributed by atoms with E-state index in [0.29, 0.717) is 17.5 Å². The summed E-state index contributed by atoms with van der Waals surface area (Å²) in [6, 6.07) is 9.45. The Bertz CT molecular complexity index is 619. The van der Waals surface area contributed by atoms with E-state index in [4.69, 9.17) is 4.74 Å². The molecule has 0 fully saturated rings. The zero-order chi connectivity index (χ0) is 15.4. The summed E-state index contributed by atoms with van der Waals surface area (Å²) >= 11 is 0. The first kappa shape index (κ1) is 15.1. The largest absolute Gasteiger partial charge is 0.481 e. The highest BCUT2D eigenvalue weighted by atomic mass is 16.5. The fourth-order valence-corrected chi connectivity index (χ4v) is 1.87. The minimum atomic E-state index is -0.592. The maximum atomic E-state index is 12.1. The summed E-state index contributed by atoms with van der Waals surface area (Å²) in [6.07, 6.45) is -0.592. The van der Waals surface area contributed by atoms with Crippen molar-refractivity contribution < 1.29 is 9.53 Å². The van der Waals surface area contributed by atoms with Crippen LogP contribution in [0.2, 0.25) is 0 Å². The zero-order valence-electron chi connectivity index (χ0n) is 12.8. The van der Waals surface area contributed by atoms with Crippen molar-refractivity contribution >= 4 is 11.7 Å². The number of hydrogen-bond acceptors (Lipinski definition) is 3. The van der Waals surface area contributed by atoms with Crippen molar-refractivity contribution in [2.24, 2.45) is 0 Å². The highest BCUT2D eigenvalue weighted by Crippen LogP contribution is 2.17. The van der Waals surface area contributed by atoms with E-state index in [1.54, 1.807) is 6.92 Å². The standard InChI is InChI=1S/C16H21N3O2/c1-10(2)14-9-15(19-18-14)17-16(20)12(4)21-13-7-5-6-11(3)8-13/h5-10,12H,1-4H3,(H2,17,18,19,20). The van der Waals surface area contributed by atoms with Crippen molar-refractivity contribution in [2.75, 3.05) is 5.32 Å². The molecule has 2 rings (SSSR count). The Morgan fingerprint density at radius 3 is 2.67 bits per heavy atom. The smallest absolute Gasteiger partial charge is 0.266 e. The lowest BCUT2D eigenvalue weighted by molar-refractivity contribution is -0.122. The van der Waals surface area contributed by atoms with Gasteiger partial charge in [0.05, 0.1) is 0 Å². The topological polar surface area (TPSA) is 67.0 Å². The third-order valence-corrected chi connectivity index (χ3v) is 3.14. The molecule has 0 spiro atoms. The van der Waals surface area contributed by atoms with Crippen molar-refractivity contribution in [3.05, 3.63) is 41.6 Å². The number of aromatic amines is 1. The molecule has 5 nitrogen and oxygen atoms in total. The zero-order valence-corrected chi connectivity index (χ0v) is 12.8. The molecular weight excluding hydrogens is 266 g/mol. The molecule has 0 aliphatic heterocycles. The van der Waals surface area contributed by atoms with Crippen LogP contribution in [-0.4, -0.2) is 22.2 Å². The summed E-state index contributed by atoms with van der Waals surface area (Å²) in [4.78, 5) is 12.1. The molecule has 0 aliphatic carbocycles. The first-order valence-electron chi connectivity index (χ1n) is 7.05. The van der Waals surface area contributed by atoms with E-state index in [9.17, 15) is 4.79 Å². The molecule has 2 N–H and O–H groups in total. The number of aromatic nitrogens is 2. The van der Waals surface area contributed by atoms with Gasteiger partial charge in [-0.1, -0.05) is 26.0 Å². The Kier molecular flexibility index (Phi) is 4.62. The van der Waals surface area contributed by atoms with Crippen molar-refractivity contribution in [1.82, 2.24) is 10.2 Å². The summed E-state index contributed by atoms with van der Waals surface area (Å²) in [7, 11) is 0. The minimum absolute atomic E-state index is 0.224. The Hall–Kier alpha value is -2.30. The number of carbonyl (C=O) groups excluding carboxylic acids is 1. The molecular formula is C16H21N3O2. The first-order valence-corrected chi connectivity index (χ1v) is 7.05. The Balaban J connectivity index is 1.95. The number of hydrogen-bond donors (Lipinski definition) is 2. The maximum Gasteiger partial charge on any atom is 0.266 e.